The molecule has 1 saturated heterocycles. The van der Waals surface area contributed by atoms with Crippen molar-refractivity contribution in [3.63, 3.8) is 0 Å². The van der Waals surface area contributed by atoms with E-state index in [4.69, 9.17) is 4.74 Å². The third-order valence-electron chi connectivity index (χ3n) is 6.44. The van der Waals surface area contributed by atoms with Gasteiger partial charge in [0.2, 0.25) is 0 Å². The number of amides is 1. The van der Waals surface area contributed by atoms with Crippen LogP contribution in [0.3, 0.4) is 0 Å². The molecule has 0 spiro atoms. The Bertz CT molecular complexity index is 1560. The lowest BCUT2D eigenvalue weighted by Gasteiger charge is -2.23. The maximum absolute atomic E-state index is 13.6. The first-order valence-corrected chi connectivity index (χ1v) is 13.2. The molecule has 3 aromatic carbocycles. The number of benzene rings is 3. The van der Waals surface area contributed by atoms with E-state index in [9.17, 15) is 19.1 Å². The summed E-state index contributed by atoms with van der Waals surface area (Å²) in [5.41, 5.74) is 2.50. The molecule has 0 aliphatic carbocycles. The number of Topliss-reactive ketones (excluding diaryl/α,β-unsaturated/α-hetero) is 1. The Morgan fingerprint density at radius 3 is 2.61 bits per heavy atom. The minimum atomic E-state index is -0.949. The highest BCUT2D eigenvalue weighted by Crippen LogP contribution is 2.45. The number of aromatic nitrogens is 1. The number of rotatable bonds is 7. The lowest BCUT2D eigenvalue weighted by atomic mass is 9.95. The van der Waals surface area contributed by atoms with Crippen LogP contribution in [-0.4, -0.2) is 28.4 Å². The Morgan fingerprint density at radius 2 is 1.87 bits per heavy atom. The first kappa shape index (κ1) is 25.6. The molecule has 1 aliphatic rings. The SMILES string of the molecule is Cc1ccc2nc(N3C(=O)C(=O)C(=C(O)c4ccc(F)cc4)C3c3cccc(OCCC(C)C)c3)sc2c1. The summed E-state index contributed by atoms with van der Waals surface area (Å²) in [6.45, 7) is 6.72. The summed E-state index contributed by atoms with van der Waals surface area (Å²) in [6.07, 6.45) is 0.873. The second-order valence-corrected chi connectivity index (χ2v) is 10.8. The molecule has 1 atom stereocenters. The number of anilines is 1. The maximum Gasteiger partial charge on any atom is 0.301 e. The van der Waals surface area contributed by atoms with Crippen molar-refractivity contribution in [1.29, 1.82) is 0 Å². The van der Waals surface area contributed by atoms with Gasteiger partial charge in [0.15, 0.2) is 5.13 Å². The molecule has 0 saturated carbocycles. The van der Waals surface area contributed by atoms with Crippen LogP contribution in [0, 0.1) is 18.7 Å². The number of thiazole rings is 1. The molecule has 5 rings (SSSR count). The standard InChI is InChI=1S/C30H27FN2O4S/c1-17(2)13-14-37-22-6-4-5-20(16-22)26-25(27(34)19-8-10-21(31)11-9-19)28(35)29(36)33(26)30-32-23-12-7-18(3)15-24(23)38-30/h4-12,15-17,26,34H,13-14H2,1-3H3. The molecule has 0 bridgehead atoms. The molecule has 6 nitrogen and oxygen atoms in total. The first-order chi connectivity index (χ1) is 18.2. The molecular weight excluding hydrogens is 503 g/mol. The smallest absolute Gasteiger partial charge is 0.301 e. The number of carbonyl (C=O) groups is 2. The lowest BCUT2D eigenvalue weighted by molar-refractivity contribution is -0.132. The number of hydrogen-bond donors (Lipinski definition) is 1. The van der Waals surface area contributed by atoms with Gasteiger partial charge in [-0.25, -0.2) is 9.37 Å². The molecule has 1 amide bonds. The molecule has 1 unspecified atom stereocenters. The highest BCUT2D eigenvalue weighted by molar-refractivity contribution is 7.22. The van der Waals surface area contributed by atoms with Crippen LogP contribution in [0.2, 0.25) is 0 Å². The summed E-state index contributed by atoms with van der Waals surface area (Å²) >= 11 is 1.30. The van der Waals surface area contributed by atoms with E-state index in [1.165, 1.54) is 40.5 Å². The fourth-order valence-electron chi connectivity index (χ4n) is 4.42. The number of halogens is 1. The van der Waals surface area contributed by atoms with Gasteiger partial charge >= 0.3 is 5.91 Å². The number of aryl methyl sites for hydroxylation is 1. The molecule has 8 heteroatoms. The van der Waals surface area contributed by atoms with Crippen molar-refractivity contribution in [3.8, 4) is 5.75 Å². The van der Waals surface area contributed by atoms with Crippen LogP contribution in [-0.2, 0) is 9.59 Å². The third-order valence-corrected chi connectivity index (χ3v) is 7.46. The van der Waals surface area contributed by atoms with Crippen molar-refractivity contribution in [3.05, 3.63) is 94.8 Å². The van der Waals surface area contributed by atoms with Crippen molar-refractivity contribution in [2.75, 3.05) is 11.5 Å². The first-order valence-electron chi connectivity index (χ1n) is 12.4. The summed E-state index contributed by atoms with van der Waals surface area (Å²) in [7, 11) is 0. The van der Waals surface area contributed by atoms with Crippen LogP contribution in [0.1, 0.15) is 43.0 Å². The van der Waals surface area contributed by atoms with Gasteiger partial charge < -0.3 is 9.84 Å². The normalized spacial score (nSPS) is 17.1. The van der Waals surface area contributed by atoms with E-state index in [1.54, 1.807) is 18.2 Å². The number of nitrogens with zero attached hydrogens (tertiary/aromatic N) is 2. The van der Waals surface area contributed by atoms with Crippen LogP contribution in [0.25, 0.3) is 16.0 Å². The molecule has 194 valence electrons. The number of carbonyl (C=O) groups excluding carboxylic acids is 2. The summed E-state index contributed by atoms with van der Waals surface area (Å²) in [4.78, 5) is 32.9. The predicted molar refractivity (Wildman–Crippen MR) is 147 cm³/mol. The van der Waals surface area contributed by atoms with Crippen molar-refractivity contribution >= 4 is 44.1 Å². The number of ketones is 1. The zero-order valence-electron chi connectivity index (χ0n) is 21.3. The molecular formula is C30H27FN2O4S. The number of aliphatic hydroxyl groups is 1. The Balaban J connectivity index is 1.65. The van der Waals surface area contributed by atoms with Gasteiger partial charge in [-0.3, -0.25) is 14.5 Å². The van der Waals surface area contributed by atoms with Gasteiger partial charge in [0.25, 0.3) is 5.78 Å². The van der Waals surface area contributed by atoms with Crippen LogP contribution < -0.4 is 9.64 Å². The van der Waals surface area contributed by atoms with Gasteiger partial charge in [0, 0.05) is 5.56 Å². The second kappa shape index (κ2) is 10.4. The average molecular weight is 531 g/mol. The topological polar surface area (TPSA) is 79.7 Å². The minimum absolute atomic E-state index is 0.0867. The van der Waals surface area contributed by atoms with E-state index in [0.29, 0.717) is 34.5 Å². The number of aliphatic hydroxyl groups excluding tert-OH is 1. The van der Waals surface area contributed by atoms with Crippen molar-refractivity contribution in [1.82, 2.24) is 4.98 Å². The van der Waals surface area contributed by atoms with E-state index < -0.39 is 23.5 Å². The molecule has 0 radical (unpaired) electrons. The monoisotopic (exact) mass is 530 g/mol. The molecule has 1 aromatic heterocycles. The Hall–Kier alpha value is -4.04. The van der Waals surface area contributed by atoms with Crippen molar-refractivity contribution in [2.24, 2.45) is 5.92 Å². The highest BCUT2D eigenvalue weighted by Gasteiger charge is 2.48. The molecule has 1 aliphatic heterocycles. The summed E-state index contributed by atoms with van der Waals surface area (Å²) < 4.78 is 20.4. The van der Waals surface area contributed by atoms with Gasteiger partial charge in [-0.15, -0.1) is 0 Å². The molecule has 1 fully saturated rings. The molecule has 2 heterocycles. The maximum atomic E-state index is 13.6. The molecule has 38 heavy (non-hydrogen) atoms. The van der Waals surface area contributed by atoms with Crippen LogP contribution >= 0.6 is 11.3 Å². The summed E-state index contributed by atoms with van der Waals surface area (Å²) in [5, 5.41) is 11.6. The average Bonchev–Trinajstić information content (AvgIpc) is 3.41. The highest BCUT2D eigenvalue weighted by atomic mass is 32.1. The zero-order chi connectivity index (χ0) is 27.0. The van der Waals surface area contributed by atoms with Gasteiger partial charge in [0.05, 0.1) is 28.4 Å². The number of hydrogen-bond acceptors (Lipinski definition) is 6. The van der Waals surface area contributed by atoms with E-state index in [-0.39, 0.29) is 16.9 Å². The zero-order valence-corrected chi connectivity index (χ0v) is 22.1. The van der Waals surface area contributed by atoms with Gasteiger partial charge in [-0.1, -0.05) is 43.4 Å². The van der Waals surface area contributed by atoms with Crippen molar-refractivity contribution in [2.45, 2.75) is 33.2 Å². The van der Waals surface area contributed by atoms with E-state index >= 15 is 0 Å². The van der Waals surface area contributed by atoms with Crippen LogP contribution in [0.15, 0.2) is 72.3 Å². The van der Waals surface area contributed by atoms with Gasteiger partial charge in [-0.2, -0.15) is 0 Å². The van der Waals surface area contributed by atoms with E-state index in [0.717, 1.165) is 16.7 Å². The number of ether oxygens (including phenoxy) is 1. The van der Waals surface area contributed by atoms with Crippen LogP contribution in [0.5, 0.6) is 5.75 Å². The quantitative estimate of drug-likeness (QED) is 0.162. The predicted octanol–water partition coefficient (Wildman–Crippen LogP) is 6.80. The third kappa shape index (κ3) is 4.91. The fraction of sp³-hybridized carbons (Fsp3) is 0.233. The summed E-state index contributed by atoms with van der Waals surface area (Å²) in [5.74, 6) is -1.41. The molecule has 4 aromatic rings. The largest absolute Gasteiger partial charge is 0.507 e. The lowest BCUT2D eigenvalue weighted by Crippen LogP contribution is -2.29. The van der Waals surface area contributed by atoms with Gasteiger partial charge in [0.1, 0.15) is 17.3 Å². The Morgan fingerprint density at radius 1 is 1.11 bits per heavy atom. The Labute approximate surface area is 224 Å². The Kier molecular flexibility index (Phi) is 6.99. The molecule has 1 N–H and O–H groups in total. The van der Waals surface area contributed by atoms with Crippen molar-refractivity contribution < 1.29 is 23.8 Å². The number of fused-ring (bicyclic) bond motifs is 1. The fourth-order valence-corrected chi connectivity index (χ4v) is 5.51. The van der Waals surface area contributed by atoms with E-state index in [2.05, 4.69) is 18.8 Å². The van der Waals surface area contributed by atoms with E-state index in [1.807, 2.05) is 31.2 Å². The minimum Gasteiger partial charge on any atom is -0.507 e. The van der Waals surface area contributed by atoms with Crippen LogP contribution in [0.4, 0.5) is 9.52 Å². The summed E-state index contributed by atoms with van der Waals surface area (Å²) in [6, 6.07) is 17.1. The van der Waals surface area contributed by atoms with Gasteiger partial charge in [-0.05, 0) is 78.9 Å². The second-order valence-electron chi connectivity index (χ2n) is 9.75.